The molecule has 0 unspecified atom stereocenters. The van der Waals surface area contributed by atoms with Crippen molar-refractivity contribution in [3.8, 4) is 11.5 Å². The number of benzene rings is 1. The second-order valence-corrected chi connectivity index (χ2v) is 6.81. The molecular formula is C20H23N3O5. The van der Waals surface area contributed by atoms with Crippen molar-refractivity contribution in [1.29, 1.82) is 0 Å². The van der Waals surface area contributed by atoms with Crippen molar-refractivity contribution in [2.45, 2.75) is 26.8 Å². The molecule has 8 heteroatoms. The molecule has 2 heterocycles. The van der Waals surface area contributed by atoms with Gasteiger partial charge in [-0.3, -0.25) is 9.78 Å². The summed E-state index contributed by atoms with van der Waals surface area (Å²) in [6.07, 6.45) is 2.79. The predicted octanol–water partition coefficient (Wildman–Crippen LogP) is 2.23. The van der Waals surface area contributed by atoms with Gasteiger partial charge in [0.2, 0.25) is 0 Å². The van der Waals surface area contributed by atoms with E-state index >= 15 is 0 Å². The molecular weight excluding hydrogens is 362 g/mol. The second-order valence-electron chi connectivity index (χ2n) is 6.81. The summed E-state index contributed by atoms with van der Waals surface area (Å²) in [7, 11) is 0. The van der Waals surface area contributed by atoms with E-state index in [1.165, 1.54) is 12.4 Å². The minimum atomic E-state index is -0.692. The van der Waals surface area contributed by atoms with Crippen LogP contribution in [-0.2, 0) is 9.53 Å². The van der Waals surface area contributed by atoms with Crippen LogP contribution in [0, 0.1) is 12.8 Å². The fourth-order valence-corrected chi connectivity index (χ4v) is 2.81. The maximum Gasteiger partial charge on any atom is 0.359 e. The fourth-order valence-electron chi connectivity index (χ4n) is 2.81. The molecule has 28 heavy (non-hydrogen) atoms. The number of carbonyl (C=O) groups is 2. The third-order valence-electron chi connectivity index (χ3n) is 4.23. The average molecular weight is 385 g/mol. The molecule has 1 aliphatic heterocycles. The lowest BCUT2D eigenvalue weighted by molar-refractivity contribution is -0.125. The number of ether oxygens (including phenoxy) is 3. The molecule has 1 atom stereocenters. The van der Waals surface area contributed by atoms with E-state index in [0.29, 0.717) is 30.4 Å². The summed E-state index contributed by atoms with van der Waals surface area (Å²) in [6, 6.07) is 5.34. The van der Waals surface area contributed by atoms with E-state index in [1.807, 2.05) is 32.0 Å². The zero-order chi connectivity index (χ0) is 20.1. The van der Waals surface area contributed by atoms with Gasteiger partial charge in [0, 0.05) is 6.20 Å². The third kappa shape index (κ3) is 4.76. The first-order chi connectivity index (χ1) is 13.4. The lowest BCUT2D eigenvalue weighted by atomic mass is 9.95. The summed E-state index contributed by atoms with van der Waals surface area (Å²) in [6.45, 7) is 6.37. The third-order valence-corrected chi connectivity index (χ3v) is 4.23. The van der Waals surface area contributed by atoms with Gasteiger partial charge in [-0.1, -0.05) is 19.9 Å². The molecule has 1 aliphatic rings. The minimum Gasteiger partial charge on any atom is -0.486 e. The van der Waals surface area contributed by atoms with Crippen molar-refractivity contribution in [1.82, 2.24) is 15.3 Å². The highest BCUT2D eigenvalue weighted by Crippen LogP contribution is 2.34. The number of esters is 1. The Kier molecular flexibility index (Phi) is 6.08. The first-order valence-corrected chi connectivity index (χ1v) is 9.08. The lowest BCUT2D eigenvalue weighted by Gasteiger charge is -2.25. The number of nitrogens with one attached hydrogen (secondary N) is 1. The largest absolute Gasteiger partial charge is 0.486 e. The highest BCUT2D eigenvalue weighted by Gasteiger charge is 2.22. The summed E-state index contributed by atoms with van der Waals surface area (Å²) >= 11 is 0. The van der Waals surface area contributed by atoms with Crippen LogP contribution in [0.1, 0.15) is 41.6 Å². The zero-order valence-electron chi connectivity index (χ0n) is 16.1. The molecule has 0 radical (unpaired) electrons. The molecule has 0 saturated heterocycles. The van der Waals surface area contributed by atoms with E-state index in [-0.39, 0.29) is 17.7 Å². The Bertz CT molecular complexity index is 851. The Hall–Kier alpha value is -3.16. The Morgan fingerprint density at radius 1 is 1.14 bits per heavy atom. The number of amides is 1. The van der Waals surface area contributed by atoms with Crippen LogP contribution in [0.3, 0.4) is 0 Å². The van der Waals surface area contributed by atoms with Gasteiger partial charge in [0.05, 0.1) is 17.9 Å². The molecule has 1 N–H and O–H groups in total. The van der Waals surface area contributed by atoms with Gasteiger partial charge in [-0.2, -0.15) is 0 Å². The van der Waals surface area contributed by atoms with E-state index in [9.17, 15) is 9.59 Å². The minimum absolute atomic E-state index is 0.0608. The quantitative estimate of drug-likeness (QED) is 0.761. The predicted molar refractivity (Wildman–Crippen MR) is 100 cm³/mol. The first-order valence-electron chi connectivity index (χ1n) is 9.08. The normalized spacial score (nSPS) is 13.7. The average Bonchev–Trinajstić information content (AvgIpc) is 2.70. The summed E-state index contributed by atoms with van der Waals surface area (Å²) in [5.74, 6) is 0.375. The Morgan fingerprint density at radius 2 is 1.89 bits per heavy atom. The highest BCUT2D eigenvalue weighted by atomic mass is 16.6. The van der Waals surface area contributed by atoms with Crippen LogP contribution in [0.2, 0.25) is 0 Å². The van der Waals surface area contributed by atoms with Crippen LogP contribution in [0.4, 0.5) is 0 Å². The molecule has 0 spiro atoms. The van der Waals surface area contributed by atoms with Crippen molar-refractivity contribution in [3.05, 3.63) is 47.5 Å². The first kappa shape index (κ1) is 19.6. The molecule has 0 bridgehead atoms. The Morgan fingerprint density at radius 3 is 2.57 bits per heavy atom. The molecule has 1 aromatic carbocycles. The van der Waals surface area contributed by atoms with E-state index < -0.39 is 18.5 Å². The van der Waals surface area contributed by atoms with Gasteiger partial charge in [0.15, 0.2) is 23.8 Å². The van der Waals surface area contributed by atoms with Gasteiger partial charge in [0.1, 0.15) is 13.2 Å². The number of carbonyl (C=O) groups excluding carboxylic acids is 2. The van der Waals surface area contributed by atoms with Crippen LogP contribution in [-0.4, -0.2) is 41.7 Å². The number of rotatable bonds is 6. The van der Waals surface area contributed by atoms with Crippen LogP contribution >= 0.6 is 0 Å². The molecule has 148 valence electrons. The van der Waals surface area contributed by atoms with E-state index in [4.69, 9.17) is 14.2 Å². The fraction of sp³-hybridized carbons (Fsp3) is 0.400. The van der Waals surface area contributed by atoms with Gasteiger partial charge in [-0.25, -0.2) is 9.78 Å². The molecule has 3 rings (SSSR count). The van der Waals surface area contributed by atoms with Gasteiger partial charge < -0.3 is 19.5 Å². The summed E-state index contributed by atoms with van der Waals surface area (Å²) < 4.78 is 16.2. The number of aromatic nitrogens is 2. The Labute approximate surface area is 163 Å². The molecule has 0 fully saturated rings. The number of nitrogens with zero attached hydrogens (tertiary/aromatic N) is 2. The van der Waals surface area contributed by atoms with E-state index in [2.05, 4.69) is 15.3 Å². The van der Waals surface area contributed by atoms with Gasteiger partial charge >= 0.3 is 5.97 Å². The van der Waals surface area contributed by atoms with E-state index in [1.54, 1.807) is 6.92 Å². The van der Waals surface area contributed by atoms with Crippen molar-refractivity contribution in [2.75, 3.05) is 19.8 Å². The standard InChI is InChI=1S/C20H23N3O5/c1-12(2)19(14-4-5-16-17(8-14)27-7-6-26-16)23-18(24)11-28-20(25)15-10-21-13(3)9-22-15/h4-5,8-10,12,19H,6-7,11H2,1-3H3,(H,23,24)/t19-/m1/s1. The molecule has 2 aromatic rings. The van der Waals surface area contributed by atoms with Crippen LogP contribution in [0.15, 0.2) is 30.6 Å². The van der Waals surface area contributed by atoms with Crippen molar-refractivity contribution in [2.24, 2.45) is 5.92 Å². The summed E-state index contributed by atoms with van der Waals surface area (Å²) in [5.41, 5.74) is 1.64. The SMILES string of the molecule is Cc1cnc(C(=O)OCC(=O)N[C@@H](c2ccc3c(c2)OCCO3)C(C)C)cn1. The highest BCUT2D eigenvalue weighted by molar-refractivity contribution is 5.89. The zero-order valence-corrected chi connectivity index (χ0v) is 16.1. The van der Waals surface area contributed by atoms with Crippen molar-refractivity contribution >= 4 is 11.9 Å². The number of aryl methyl sites for hydroxylation is 1. The number of hydrogen-bond acceptors (Lipinski definition) is 7. The van der Waals surface area contributed by atoms with Crippen LogP contribution < -0.4 is 14.8 Å². The molecule has 0 aliphatic carbocycles. The topological polar surface area (TPSA) is 99.6 Å². The van der Waals surface area contributed by atoms with Crippen molar-refractivity contribution in [3.63, 3.8) is 0 Å². The second kappa shape index (κ2) is 8.69. The number of fused-ring (bicyclic) bond motifs is 1. The monoisotopic (exact) mass is 385 g/mol. The molecule has 1 amide bonds. The lowest BCUT2D eigenvalue weighted by Crippen LogP contribution is -2.35. The van der Waals surface area contributed by atoms with Crippen LogP contribution in [0.5, 0.6) is 11.5 Å². The van der Waals surface area contributed by atoms with Gasteiger partial charge in [-0.15, -0.1) is 0 Å². The van der Waals surface area contributed by atoms with Crippen LogP contribution in [0.25, 0.3) is 0 Å². The van der Waals surface area contributed by atoms with E-state index in [0.717, 1.165) is 5.56 Å². The maximum atomic E-state index is 12.3. The summed E-state index contributed by atoms with van der Waals surface area (Å²) in [5, 5.41) is 2.91. The van der Waals surface area contributed by atoms with Gasteiger partial charge in [-0.05, 0) is 30.5 Å². The Balaban J connectivity index is 1.61. The van der Waals surface area contributed by atoms with Gasteiger partial charge in [0.25, 0.3) is 5.91 Å². The number of hydrogen-bond donors (Lipinski definition) is 1. The van der Waals surface area contributed by atoms with Crippen molar-refractivity contribution < 1.29 is 23.8 Å². The molecule has 8 nitrogen and oxygen atoms in total. The smallest absolute Gasteiger partial charge is 0.359 e. The molecule has 0 saturated carbocycles. The molecule has 1 aromatic heterocycles. The maximum absolute atomic E-state index is 12.3. The summed E-state index contributed by atoms with van der Waals surface area (Å²) in [4.78, 5) is 32.2.